The Morgan fingerprint density at radius 2 is 2.12 bits per heavy atom. The molecule has 1 aliphatic rings. The molecule has 2 nitrogen and oxygen atoms in total. The molecule has 1 aliphatic carbocycles. The number of Topliss-reactive ketones (excluding diaryl/α,β-unsaturated/α-hetero) is 1. The van der Waals surface area contributed by atoms with Crippen LogP contribution in [0.25, 0.3) is 0 Å². The number of benzene rings is 1. The van der Waals surface area contributed by atoms with E-state index in [1.807, 2.05) is 32.0 Å². The molecule has 0 heterocycles. The summed E-state index contributed by atoms with van der Waals surface area (Å²) in [6, 6.07) is 5.92. The fraction of sp³-hybridized carbons (Fsp3) is 0.500. The van der Waals surface area contributed by atoms with E-state index in [2.05, 4.69) is 5.32 Å². The first-order valence-electron chi connectivity index (χ1n) is 5.98. The summed E-state index contributed by atoms with van der Waals surface area (Å²) in [6.45, 7) is 5.53. The Bertz CT molecular complexity index is 394. The van der Waals surface area contributed by atoms with E-state index >= 15 is 0 Å². The second-order valence-corrected chi connectivity index (χ2v) is 4.74. The van der Waals surface area contributed by atoms with Crippen LogP contribution in [0.2, 0.25) is 0 Å². The number of carbonyl (C=O) groups excluding carboxylic acids is 1. The van der Waals surface area contributed by atoms with Crippen molar-refractivity contribution >= 4 is 5.78 Å². The van der Waals surface area contributed by atoms with E-state index in [1.54, 1.807) is 0 Å². The van der Waals surface area contributed by atoms with Gasteiger partial charge in [0, 0.05) is 5.56 Å². The minimum absolute atomic E-state index is 0.210. The molecule has 0 atom stereocenters. The number of rotatable bonds is 5. The monoisotopic (exact) mass is 217 g/mol. The molecular weight excluding hydrogens is 198 g/mol. The summed E-state index contributed by atoms with van der Waals surface area (Å²) in [5.41, 5.74) is 3.16. The van der Waals surface area contributed by atoms with Crippen LogP contribution in [0.15, 0.2) is 18.2 Å². The molecule has 0 aliphatic heterocycles. The van der Waals surface area contributed by atoms with Gasteiger partial charge in [0.15, 0.2) is 5.78 Å². The van der Waals surface area contributed by atoms with E-state index in [-0.39, 0.29) is 5.78 Å². The zero-order valence-electron chi connectivity index (χ0n) is 10.0. The van der Waals surface area contributed by atoms with Crippen molar-refractivity contribution in [2.75, 3.05) is 13.1 Å². The standard InChI is InChI=1S/C14H19NO/c1-10-4-3-5-13(11(10)2)14(16)9-15-8-12-6-7-12/h3-5,12,15H,6-9H2,1-2H3. The van der Waals surface area contributed by atoms with E-state index < -0.39 is 0 Å². The van der Waals surface area contributed by atoms with E-state index in [0.717, 1.165) is 23.6 Å². The van der Waals surface area contributed by atoms with Crippen LogP contribution in [-0.4, -0.2) is 18.9 Å². The van der Waals surface area contributed by atoms with Crippen molar-refractivity contribution in [1.29, 1.82) is 0 Å². The van der Waals surface area contributed by atoms with Crippen molar-refractivity contribution in [2.24, 2.45) is 5.92 Å². The molecule has 1 aromatic carbocycles. The maximum absolute atomic E-state index is 12.0. The number of aryl methyl sites for hydroxylation is 1. The zero-order valence-corrected chi connectivity index (χ0v) is 10.0. The van der Waals surface area contributed by atoms with Crippen LogP contribution in [0.3, 0.4) is 0 Å². The highest BCUT2D eigenvalue weighted by molar-refractivity contribution is 5.99. The number of hydrogen-bond acceptors (Lipinski definition) is 2. The van der Waals surface area contributed by atoms with Crippen molar-refractivity contribution in [2.45, 2.75) is 26.7 Å². The summed E-state index contributed by atoms with van der Waals surface area (Å²) in [4.78, 5) is 12.0. The Balaban J connectivity index is 1.93. The summed E-state index contributed by atoms with van der Waals surface area (Å²) in [5, 5.41) is 3.24. The SMILES string of the molecule is Cc1cccc(C(=O)CNCC2CC2)c1C. The second-order valence-electron chi connectivity index (χ2n) is 4.74. The first kappa shape index (κ1) is 11.3. The number of carbonyl (C=O) groups is 1. The van der Waals surface area contributed by atoms with Crippen LogP contribution >= 0.6 is 0 Å². The molecule has 0 unspecified atom stereocenters. The van der Waals surface area contributed by atoms with Gasteiger partial charge in [-0.1, -0.05) is 18.2 Å². The van der Waals surface area contributed by atoms with Gasteiger partial charge in [0.2, 0.25) is 0 Å². The molecule has 0 bridgehead atoms. The summed E-state index contributed by atoms with van der Waals surface area (Å²) < 4.78 is 0. The maximum atomic E-state index is 12.0. The van der Waals surface area contributed by atoms with Crippen LogP contribution in [0.4, 0.5) is 0 Å². The smallest absolute Gasteiger partial charge is 0.176 e. The number of ketones is 1. The summed E-state index contributed by atoms with van der Waals surface area (Å²) in [5.74, 6) is 1.04. The van der Waals surface area contributed by atoms with Crippen LogP contribution < -0.4 is 5.32 Å². The van der Waals surface area contributed by atoms with Crippen LogP contribution in [0, 0.1) is 19.8 Å². The molecule has 1 aromatic rings. The molecule has 1 saturated carbocycles. The molecule has 86 valence electrons. The van der Waals surface area contributed by atoms with Crippen LogP contribution in [-0.2, 0) is 0 Å². The molecule has 0 aromatic heterocycles. The largest absolute Gasteiger partial charge is 0.309 e. The highest BCUT2D eigenvalue weighted by Gasteiger charge is 2.20. The molecule has 16 heavy (non-hydrogen) atoms. The molecule has 1 fully saturated rings. The summed E-state index contributed by atoms with van der Waals surface area (Å²) in [7, 11) is 0. The normalized spacial score (nSPS) is 15.1. The van der Waals surface area contributed by atoms with E-state index in [9.17, 15) is 4.79 Å². The average Bonchev–Trinajstić information content (AvgIpc) is 3.06. The van der Waals surface area contributed by atoms with E-state index in [4.69, 9.17) is 0 Å². The fourth-order valence-electron chi connectivity index (χ4n) is 1.86. The molecule has 0 saturated heterocycles. The third kappa shape index (κ3) is 2.70. The predicted octanol–water partition coefficient (Wildman–Crippen LogP) is 2.49. The molecule has 0 radical (unpaired) electrons. The third-order valence-corrected chi connectivity index (χ3v) is 3.32. The first-order chi connectivity index (χ1) is 7.68. The number of hydrogen-bond donors (Lipinski definition) is 1. The van der Waals surface area contributed by atoms with Crippen molar-refractivity contribution in [1.82, 2.24) is 5.32 Å². The second kappa shape index (κ2) is 4.79. The lowest BCUT2D eigenvalue weighted by molar-refractivity contribution is 0.0990. The Kier molecular flexibility index (Phi) is 3.39. The minimum atomic E-state index is 0.210. The molecule has 2 rings (SSSR count). The fourth-order valence-corrected chi connectivity index (χ4v) is 1.86. The van der Waals surface area contributed by atoms with Gasteiger partial charge in [-0.15, -0.1) is 0 Å². The Hall–Kier alpha value is -1.15. The van der Waals surface area contributed by atoms with Gasteiger partial charge >= 0.3 is 0 Å². The Labute approximate surface area is 97.1 Å². The zero-order chi connectivity index (χ0) is 11.5. The van der Waals surface area contributed by atoms with Gasteiger partial charge in [0.05, 0.1) is 6.54 Å². The van der Waals surface area contributed by atoms with Gasteiger partial charge in [-0.2, -0.15) is 0 Å². The maximum Gasteiger partial charge on any atom is 0.176 e. The molecule has 0 amide bonds. The van der Waals surface area contributed by atoms with Gasteiger partial charge in [-0.3, -0.25) is 4.79 Å². The van der Waals surface area contributed by atoms with Crippen LogP contribution in [0.5, 0.6) is 0 Å². The highest BCUT2D eigenvalue weighted by Crippen LogP contribution is 2.27. The lowest BCUT2D eigenvalue weighted by atomic mass is 10.0. The van der Waals surface area contributed by atoms with Gasteiger partial charge in [-0.05, 0) is 50.3 Å². The third-order valence-electron chi connectivity index (χ3n) is 3.32. The van der Waals surface area contributed by atoms with Crippen molar-refractivity contribution in [3.05, 3.63) is 34.9 Å². The molecular formula is C14H19NO. The van der Waals surface area contributed by atoms with Gasteiger partial charge in [0.1, 0.15) is 0 Å². The minimum Gasteiger partial charge on any atom is -0.309 e. The molecule has 0 spiro atoms. The molecule has 2 heteroatoms. The van der Waals surface area contributed by atoms with Gasteiger partial charge in [-0.25, -0.2) is 0 Å². The molecule has 1 N–H and O–H groups in total. The number of nitrogens with one attached hydrogen (secondary N) is 1. The average molecular weight is 217 g/mol. The first-order valence-corrected chi connectivity index (χ1v) is 5.98. The Morgan fingerprint density at radius 3 is 2.81 bits per heavy atom. The lowest BCUT2D eigenvalue weighted by Gasteiger charge is -2.08. The van der Waals surface area contributed by atoms with Gasteiger partial charge in [0.25, 0.3) is 0 Å². The lowest BCUT2D eigenvalue weighted by Crippen LogP contribution is -2.25. The van der Waals surface area contributed by atoms with Crippen molar-refractivity contribution in [3.63, 3.8) is 0 Å². The highest BCUT2D eigenvalue weighted by atomic mass is 16.1. The predicted molar refractivity (Wildman–Crippen MR) is 65.8 cm³/mol. The van der Waals surface area contributed by atoms with Crippen molar-refractivity contribution in [3.8, 4) is 0 Å². The quantitative estimate of drug-likeness (QED) is 0.768. The van der Waals surface area contributed by atoms with Crippen molar-refractivity contribution < 1.29 is 4.79 Å². The van der Waals surface area contributed by atoms with E-state index in [0.29, 0.717) is 6.54 Å². The van der Waals surface area contributed by atoms with Crippen LogP contribution in [0.1, 0.15) is 34.3 Å². The summed E-state index contributed by atoms with van der Waals surface area (Å²) >= 11 is 0. The Morgan fingerprint density at radius 1 is 1.38 bits per heavy atom. The summed E-state index contributed by atoms with van der Waals surface area (Å²) in [6.07, 6.45) is 2.65. The topological polar surface area (TPSA) is 29.1 Å². The van der Waals surface area contributed by atoms with E-state index in [1.165, 1.54) is 18.4 Å². The van der Waals surface area contributed by atoms with Gasteiger partial charge < -0.3 is 5.32 Å².